The number of hydrogen-bond donors (Lipinski definition) is 3. The molecule has 0 spiro atoms. The van der Waals surface area contributed by atoms with E-state index in [-0.39, 0.29) is 18.8 Å². The number of ketones is 1. The van der Waals surface area contributed by atoms with Crippen LogP contribution in [0, 0.1) is 0 Å². The molecule has 0 aliphatic rings. The maximum absolute atomic E-state index is 12.4. The van der Waals surface area contributed by atoms with Gasteiger partial charge in [0, 0.05) is 32.0 Å². The molecule has 3 N–H and O–H groups in total. The third-order valence-electron chi connectivity index (χ3n) is 3.09. The van der Waals surface area contributed by atoms with Crippen LogP contribution < -0.4 is 10.2 Å². The van der Waals surface area contributed by atoms with Crippen molar-refractivity contribution >= 4 is 17.4 Å². The molecule has 0 saturated carbocycles. The fourth-order valence-corrected chi connectivity index (χ4v) is 1.91. The van der Waals surface area contributed by atoms with Crippen molar-refractivity contribution in [3.8, 4) is 0 Å². The third kappa shape index (κ3) is 5.53. The summed E-state index contributed by atoms with van der Waals surface area (Å²) in [5.74, 6) is -1.28. The SMILES string of the molecule is CN(C)c1ccc(C(=O)C(CC(=O)O)NCCCO)cc1. The highest BCUT2D eigenvalue weighted by Gasteiger charge is 2.22. The number of rotatable bonds is 9. The van der Waals surface area contributed by atoms with Crippen LogP contribution in [-0.4, -0.2) is 55.3 Å². The predicted molar refractivity (Wildman–Crippen MR) is 80.8 cm³/mol. The number of hydrogen-bond acceptors (Lipinski definition) is 5. The van der Waals surface area contributed by atoms with Crippen LogP contribution in [-0.2, 0) is 4.79 Å². The fourth-order valence-electron chi connectivity index (χ4n) is 1.91. The molecule has 1 aromatic rings. The Bertz CT molecular complexity index is 471. The average Bonchev–Trinajstić information content (AvgIpc) is 2.45. The Morgan fingerprint density at radius 3 is 2.33 bits per heavy atom. The summed E-state index contributed by atoms with van der Waals surface area (Å²) in [6.07, 6.45) is 0.197. The minimum Gasteiger partial charge on any atom is -0.481 e. The zero-order valence-corrected chi connectivity index (χ0v) is 12.4. The molecule has 116 valence electrons. The van der Waals surface area contributed by atoms with Crippen LogP contribution in [0.15, 0.2) is 24.3 Å². The van der Waals surface area contributed by atoms with E-state index in [2.05, 4.69) is 5.32 Å². The highest BCUT2D eigenvalue weighted by atomic mass is 16.4. The summed E-state index contributed by atoms with van der Waals surface area (Å²) in [5, 5.41) is 20.5. The Balaban J connectivity index is 2.80. The largest absolute Gasteiger partial charge is 0.481 e. The standard InChI is InChI=1S/C15H22N2O4/c1-17(2)12-6-4-11(5-7-12)15(21)13(10-14(19)20)16-8-3-9-18/h4-7,13,16,18H,3,8-10H2,1-2H3,(H,19,20). The number of aliphatic hydroxyl groups excluding tert-OH is 1. The molecule has 1 unspecified atom stereocenters. The highest BCUT2D eigenvalue weighted by molar-refractivity contribution is 6.01. The zero-order valence-electron chi connectivity index (χ0n) is 12.4. The minimum atomic E-state index is -1.03. The first-order valence-electron chi connectivity index (χ1n) is 6.83. The summed E-state index contributed by atoms with van der Waals surface area (Å²) in [4.78, 5) is 25.1. The molecule has 0 amide bonds. The van der Waals surface area contributed by atoms with Crippen LogP contribution in [0.1, 0.15) is 23.2 Å². The summed E-state index contributed by atoms with van der Waals surface area (Å²) in [6, 6.07) is 6.25. The Hall–Kier alpha value is -1.92. The summed E-state index contributed by atoms with van der Waals surface area (Å²) >= 11 is 0. The van der Waals surface area contributed by atoms with Crippen molar-refractivity contribution in [1.29, 1.82) is 0 Å². The van der Waals surface area contributed by atoms with E-state index in [1.165, 1.54) is 0 Å². The number of benzene rings is 1. The Kier molecular flexibility index (Phi) is 6.84. The van der Waals surface area contributed by atoms with E-state index in [1.807, 2.05) is 31.1 Å². The second-order valence-electron chi connectivity index (χ2n) is 4.99. The summed E-state index contributed by atoms with van der Waals surface area (Å²) in [7, 11) is 3.81. The first-order chi connectivity index (χ1) is 9.95. The second kappa shape index (κ2) is 8.39. The average molecular weight is 294 g/mol. The van der Waals surface area contributed by atoms with Crippen molar-refractivity contribution < 1.29 is 19.8 Å². The summed E-state index contributed by atoms with van der Waals surface area (Å²) in [6.45, 7) is 0.397. The Morgan fingerprint density at radius 2 is 1.86 bits per heavy atom. The molecule has 0 bridgehead atoms. The van der Waals surface area contributed by atoms with Crippen molar-refractivity contribution in [3.05, 3.63) is 29.8 Å². The van der Waals surface area contributed by atoms with Gasteiger partial charge in [-0.15, -0.1) is 0 Å². The molecular weight excluding hydrogens is 272 g/mol. The molecule has 0 heterocycles. The van der Waals surface area contributed by atoms with E-state index in [0.29, 0.717) is 18.5 Å². The second-order valence-corrected chi connectivity index (χ2v) is 4.99. The quantitative estimate of drug-likeness (QED) is 0.460. The third-order valence-corrected chi connectivity index (χ3v) is 3.09. The van der Waals surface area contributed by atoms with E-state index >= 15 is 0 Å². The lowest BCUT2D eigenvalue weighted by Gasteiger charge is -2.17. The van der Waals surface area contributed by atoms with E-state index < -0.39 is 12.0 Å². The van der Waals surface area contributed by atoms with Crippen LogP contribution in [0.3, 0.4) is 0 Å². The van der Waals surface area contributed by atoms with Crippen LogP contribution in [0.25, 0.3) is 0 Å². The van der Waals surface area contributed by atoms with Gasteiger partial charge in [0.1, 0.15) is 0 Å². The molecule has 0 fully saturated rings. The smallest absolute Gasteiger partial charge is 0.305 e. The molecule has 21 heavy (non-hydrogen) atoms. The lowest BCUT2D eigenvalue weighted by molar-refractivity contribution is -0.137. The van der Waals surface area contributed by atoms with E-state index in [0.717, 1.165) is 5.69 Å². The number of aliphatic hydroxyl groups is 1. The van der Waals surface area contributed by atoms with Gasteiger partial charge in [0.05, 0.1) is 12.5 Å². The molecule has 0 radical (unpaired) electrons. The van der Waals surface area contributed by atoms with Crippen molar-refractivity contribution in [2.24, 2.45) is 0 Å². The molecule has 6 nitrogen and oxygen atoms in total. The maximum Gasteiger partial charge on any atom is 0.305 e. The van der Waals surface area contributed by atoms with Crippen LogP contribution in [0.2, 0.25) is 0 Å². The Labute approximate surface area is 124 Å². The molecule has 1 atom stereocenters. The van der Waals surface area contributed by atoms with E-state index in [1.54, 1.807) is 12.1 Å². The molecule has 1 rings (SSSR count). The van der Waals surface area contributed by atoms with Crippen molar-refractivity contribution in [2.45, 2.75) is 18.9 Å². The van der Waals surface area contributed by atoms with Crippen LogP contribution >= 0.6 is 0 Å². The number of anilines is 1. The van der Waals surface area contributed by atoms with Crippen molar-refractivity contribution in [1.82, 2.24) is 5.32 Å². The molecule has 6 heteroatoms. The van der Waals surface area contributed by atoms with E-state index in [9.17, 15) is 9.59 Å². The van der Waals surface area contributed by atoms with Gasteiger partial charge in [-0.05, 0) is 37.2 Å². The highest BCUT2D eigenvalue weighted by Crippen LogP contribution is 2.14. The molecule has 0 aliphatic carbocycles. The summed E-state index contributed by atoms with van der Waals surface area (Å²) in [5.41, 5.74) is 1.44. The molecule has 0 aromatic heterocycles. The van der Waals surface area contributed by atoms with Crippen LogP contribution in [0.5, 0.6) is 0 Å². The predicted octanol–water partition coefficient (Wildman–Crippen LogP) is 0.751. The number of nitrogens with zero attached hydrogens (tertiary/aromatic N) is 1. The Morgan fingerprint density at radius 1 is 1.24 bits per heavy atom. The van der Waals surface area contributed by atoms with Gasteiger partial charge >= 0.3 is 5.97 Å². The topological polar surface area (TPSA) is 89.9 Å². The number of carbonyl (C=O) groups excluding carboxylic acids is 1. The van der Waals surface area contributed by atoms with Gasteiger partial charge in [0.2, 0.25) is 0 Å². The number of carbonyl (C=O) groups is 2. The number of Topliss-reactive ketones (excluding diaryl/α,β-unsaturated/α-hetero) is 1. The lowest BCUT2D eigenvalue weighted by Crippen LogP contribution is -2.39. The number of nitrogens with one attached hydrogen (secondary N) is 1. The van der Waals surface area contributed by atoms with Crippen LogP contribution in [0.4, 0.5) is 5.69 Å². The van der Waals surface area contributed by atoms with Crippen molar-refractivity contribution in [2.75, 3.05) is 32.1 Å². The number of aliphatic carboxylic acids is 1. The first kappa shape index (κ1) is 17.1. The summed E-state index contributed by atoms with van der Waals surface area (Å²) < 4.78 is 0. The van der Waals surface area contributed by atoms with Gasteiger partial charge in [0.25, 0.3) is 0 Å². The van der Waals surface area contributed by atoms with Gasteiger partial charge in [-0.2, -0.15) is 0 Å². The zero-order chi connectivity index (χ0) is 15.8. The monoisotopic (exact) mass is 294 g/mol. The van der Waals surface area contributed by atoms with Gasteiger partial charge in [0.15, 0.2) is 5.78 Å². The minimum absolute atomic E-state index is 0.00147. The van der Waals surface area contributed by atoms with Crippen molar-refractivity contribution in [3.63, 3.8) is 0 Å². The van der Waals surface area contributed by atoms with E-state index in [4.69, 9.17) is 10.2 Å². The molecule has 0 aliphatic heterocycles. The van der Waals surface area contributed by atoms with Gasteiger partial charge in [-0.25, -0.2) is 0 Å². The molecular formula is C15H22N2O4. The molecule has 0 saturated heterocycles. The number of carboxylic acids is 1. The van der Waals surface area contributed by atoms with Gasteiger partial charge in [-0.3, -0.25) is 9.59 Å². The van der Waals surface area contributed by atoms with Gasteiger partial charge < -0.3 is 20.4 Å². The maximum atomic E-state index is 12.4. The first-order valence-corrected chi connectivity index (χ1v) is 6.83. The normalized spacial score (nSPS) is 12.0. The fraction of sp³-hybridized carbons (Fsp3) is 0.467. The molecule has 1 aromatic carbocycles. The lowest BCUT2D eigenvalue weighted by atomic mass is 10.0. The number of carboxylic acid groups (broad SMARTS) is 1. The van der Waals surface area contributed by atoms with Gasteiger partial charge in [-0.1, -0.05) is 0 Å².